The minimum absolute atomic E-state index is 0.288. The normalized spacial score (nSPS) is 14.0. The van der Waals surface area contributed by atoms with Gasteiger partial charge in [-0.05, 0) is 19.2 Å². The predicted octanol–water partition coefficient (Wildman–Crippen LogP) is 3.43. The summed E-state index contributed by atoms with van der Waals surface area (Å²) in [5, 5.41) is 13.6. The molecule has 0 spiro atoms. The second-order valence-corrected chi connectivity index (χ2v) is 9.12. The van der Waals surface area contributed by atoms with Crippen molar-refractivity contribution in [2.45, 2.75) is 18.6 Å². The van der Waals surface area contributed by atoms with Crippen LogP contribution in [0.1, 0.15) is 16.1 Å². The van der Waals surface area contributed by atoms with Crippen LogP contribution in [0.3, 0.4) is 0 Å². The van der Waals surface area contributed by atoms with Gasteiger partial charge in [-0.3, -0.25) is 4.79 Å². The highest BCUT2D eigenvalue weighted by molar-refractivity contribution is 7.98. The third-order valence-electron chi connectivity index (χ3n) is 5.78. The summed E-state index contributed by atoms with van der Waals surface area (Å²) in [6.07, 6.45) is 3.73. The average Bonchev–Trinajstić information content (AvgIpc) is 3.47. The Morgan fingerprint density at radius 2 is 2.03 bits per heavy atom. The van der Waals surface area contributed by atoms with Crippen LogP contribution in [0.5, 0.6) is 0 Å². The van der Waals surface area contributed by atoms with E-state index >= 15 is 0 Å². The molecular weight excluding hydrogens is 490 g/mol. The third-order valence-corrected chi connectivity index (χ3v) is 6.65. The molecule has 1 amide bonds. The fourth-order valence-electron chi connectivity index (χ4n) is 4.03. The molecule has 4 heterocycles. The largest absolute Gasteiger partial charge is 0.378 e. The summed E-state index contributed by atoms with van der Waals surface area (Å²) in [5.41, 5.74) is 2.16. The number of anilines is 1. The van der Waals surface area contributed by atoms with E-state index in [9.17, 15) is 4.79 Å². The molecule has 1 saturated heterocycles. The molecule has 1 aromatic carbocycles. The number of amides is 1. The maximum absolute atomic E-state index is 13.1. The Hall–Kier alpha value is -3.15. The Morgan fingerprint density at radius 3 is 2.80 bits per heavy atom. The van der Waals surface area contributed by atoms with Gasteiger partial charge in [-0.15, -0.1) is 0 Å². The number of rotatable bonds is 7. The van der Waals surface area contributed by atoms with Crippen LogP contribution >= 0.6 is 23.4 Å². The molecule has 3 aromatic heterocycles. The van der Waals surface area contributed by atoms with E-state index in [0.717, 1.165) is 29.9 Å². The smallest absolute Gasteiger partial charge is 0.257 e. The number of halogens is 1. The first-order chi connectivity index (χ1) is 17.1. The first-order valence-electron chi connectivity index (χ1n) is 11.2. The van der Waals surface area contributed by atoms with Gasteiger partial charge in [-0.2, -0.15) is 5.10 Å². The average molecular weight is 514 g/mol. The van der Waals surface area contributed by atoms with E-state index in [1.54, 1.807) is 29.9 Å². The number of ether oxygens (including phenoxy) is 1. The second-order valence-electron chi connectivity index (χ2n) is 7.94. The second kappa shape index (κ2) is 10.2. The summed E-state index contributed by atoms with van der Waals surface area (Å²) in [6, 6.07) is 7.22. The van der Waals surface area contributed by atoms with Crippen LogP contribution in [0.15, 0.2) is 40.1 Å². The molecule has 182 valence electrons. The van der Waals surface area contributed by atoms with Crippen molar-refractivity contribution in [1.82, 2.24) is 30.2 Å². The zero-order valence-corrected chi connectivity index (χ0v) is 20.9. The summed E-state index contributed by atoms with van der Waals surface area (Å²) in [7, 11) is 0. The molecule has 0 atom stereocenters. The first-order valence-corrected chi connectivity index (χ1v) is 12.8. The van der Waals surface area contributed by atoms with Crippen LogP contribution in [0.25, 0.3) is 22.3 Å². The topological polar surface area (TPSA) is 111 Å². The van der Waals surface area contributed by atoms with Gasteiger partial charge in [0.25, 0.3) is 5.91 Å². The van der Waals surface area contributed by atoms with Gasteiger partial charge in [0.05, 0.1) is 36.4 Å². The molecule has 4 aromatic rings. The minimum atomic E-state index is -0.288. The zero-order chi connectivity index (χ0) is 24.4. The Balaban J connectivity index is 1.34. The van der Waals surface area contributed by atoms with Gasteiger partial charge in [0.1, 0.15) is 22.8 Å². The first kappa shape index (κ1) is 23.6. The Bertz CT molecular complexity index is 1370. The van der Waals surface area contributed by atoms with Crippen molar-refractivity contribution in [3.05, 3.63) is 46.8 Å². The molecule has 0 saturated carbocycles. The molecule has 5 rings (SSSR count). The van der Waals surface area contributed by atoms with Crippen molar-refractivity contribution in [1.29, 1.82) is 0 Å². The lowest BCUT2D eigenvalue weighted by molar-refractivity contribution is 0.0951. The number of carbonyl (C=O) groups excluding carboxylic acids is 1. The lowest BCUT2D eigenvalue weighted by Gasteiger charge is -2.28. The Labute approximate surface area is 211 Å². The summed E-state index contributed by atoms with van der Waals surface area (Å²) in [6.45, 7) is 5.36. The number of benzene rings is 1. The Morgan fingerprint density at radius 1 is 1.23 bits per heavy atom. The van der Waals surface area contributed by atoms with E-state index in [2.05, 4.69) is 25.5 Å². The van der Waals surface area contributed by atoms with E-state index < -0.39 is 0 Å². The molecule has 1 aliphatic heterocycles. The molecule has 0 bridgehead atoms. The number of aryl methyl sites for hydroxylation is 1. The highest BCUT2D eigenvalue weighted by Crippen LogP contribution is 2.31. The molecule has 10 nitrogen and oxygen atoms in total. The fourth-order valence-corrected chi connectivity index (χ4v) is 4.61. The lowest BCUT2D eigenvalue weighted by Crippen LogP contribution is -2.37. The number of morpholine rings is 1. The number of carbonyl (C=O) groups is 1. The van der Waals surface area contributed by atoms with Crippen molar-refractivity contribution >= 4 is 46.1 Å². The number of nitrogens with zero attached hydrogens (tertiary/aromatic N) is 6. The number of hydrogen-bond donors (Lipinski definition) is 1. The Kier molecular flexibility index (Phi) is 6.89. The summed E-state index contributed by atoms with van der Waals surface area (Å²) >= 11 is 7.80. The highest BCUT2D eigenvalue weighted by Gasteiger charge is 2.23. The van der Waals surface area contributed by atoms with Crippen LogP contribution < -0.4 is 10.2 Å². The van der Waals surface area contributed by atoms with E-state index in [0.29, 0.717) is 59.1 Å². The fraction of sp³-hybridized carbons (Fsp3) is 0.348. The van der Waals surface area contributed by atoms with E-state index in [-0.39, 0.29) is 5.91 Å². The molecular formula is C23H24ClN7O3S. The molecule has 0 aliphatic carbocycles. The molecule has 35 heavy (non-hydrogen) atoms. The van der Waals surface area contributed by atoms with Crippen molar-refractivity contribution in [3.63, 3.8) is 0 Å². The van der Waals surface area contributed by atoms with Crippen molar-refractivity contribution in [2.24, 2.45) is 0 Å². The molecule has 0 radical (unpaired) electrons. The predicted molar refractivity (Wildman–Crippen MR) is 134 cm³/mol. The van der Waals surface area contributed by atoms with E-state index in [1.807, 2.05) is 18.4 Å². The maximum Gasteiger partial charge on any atom is 0.257 e. The third kappa shape index (κ3) is 4.71. The van der Waals surface area contributed by atoms with Gasteiger partial charge >= 0.3 is 0 Å². The zero-order valence-electron chi connectivity index (χ0n) is 19.3. The summed E-state index contributed by atoms with van der Waals surface area (Å²) in [4.78, 5) is 24.7. The quantitative estimate of drug-likeness (QED) is 0.293. The van der Waals surface area contributed by atoms with Gasteiger partial charge in [0, 0.05) is 25.2 Å². The van der Waals surface area contributed by atoms with Crippen molar-refractivity contribution in [3.8, 4) is 11.3 Å². The molecule has 12 heteroatoms. The SMILES string of the molecule is CSc1nc(N2CCOCC2)c2cnn(CCNC(=O)c3c(-c4ccccc4Cl)noc3C)c2n1. The van der Waals surface area contributed by atoms with Gasteiger partial charge in [0.15, 0.2) is 10.8 Å². The van der Waals surface area contributed by atoms with Crippen molar-refractivity contribution in [2.75, 3.05) is 44.0 Å². The van der Waals surface area contributed by atoms with Gasteiger partial charge in [-0.25, -0.2) is 14.6 Å². The highest BCUT2D eigenvalue weighted by atomic mass is 35.5. The molecule has 1 N–H and O–H groups in total. The number of thioether (sulfide) groups is 1. The number of fused-ring (bicyclic) bond motifs is 1. The van der Waals surface area contributed by atoms with Crippen molar-refractivity contribution < 1.29 is 14.1 Å². The van der Waals surface area contributed by atoms with Crippen LogP contribution in [-0.2, 0) is 11.3 Å². The standard InChI is InChI=1S/C23H24ClN7O3S/c1-14-18(19(29-34-14)15-5-3-4-6-17(15)24)22(32)25-7-8-31-21-16(13-26-31)20(27-23(28-21)35-2)30-9-11-33-12-10-30/h3-6,13H,7-12H2,1-2H3,(H,25,32). The summed E-state index contributed by atoms with van der Waals surface area (Å²) < 4.78 is 12.6. The number of aromatic nitrogens is 5. The van der Waals surface area contributed by atoms with Gasteiger partial charge in [0.2, 0.25) is 0 Å². The van der Waals surface area contributed by atoms with Crippen LogP contribution in [0.2, 0.25) is 5.02 Å². The number of nitrogens with one attached hydrogen (secondary N) is 1. The molecule has 1 aliphatic rings. The van der Waals surface area contributed by atoms with Crippen LogP contribution in [-0.4, -0.2) is 69.9 Å². The minimum Gasteiger partial charge on any atom is -0.378 e. The van der Waals surface area contributed by atoms with Gasteiger partial charge in [-0.1, -0.05) is 46.7 Å². The monoisotopic (exact) mass is 513 g/mol. The number of hydrogen-bond acceptors (Lipinski definition) is 9. The van der Waals surface area contributed by atoms with Crippen LogP contribution in [0, 0.1) is 6.92 Å². The molecule has 1 fully saturated rings. The van der Waals surface area contributed by atoms with E-state index in [1.165, 1.54) is 11.8 Å². The van der Waals surface area contributed by atoms with Gasteiger partial charge < -0.3 is 19.5 Å². The lowest BCUT2D eigenvalue weighted by atomic mass is 10.1. The molecule has 0 unspecified atom stereocenters. The van der Waals surface area contributed by atoms with Crippen LogP contribution in [0.4, 0.5) is 5.82 Å². The van der Waals surface area contributed by atoms with E-state index in [4.69, 9.17) is 25.8 Å². The maximum atomic E-state index is 13.1. The summed E-state index contributed by atoms with van der Waals surface area (Å²) in [5.74, 6) is 1.00.